The summed E-state index contributed by atoms with van der Waals surface area (Å²) >= 11 is 8.32. The highest BCUT2D eigenvalue weighted by molar-refractivity contribution is 14.1. The molecule has 4 rings (SSSR count). The van der Waals surface area contributed by atoms with Crippen molar-refractivity contribution >= 4 is 46.0 Å². The van der Waals surface area contributed by atoms with Crippen LogP contribution in [0.2, 0.25) is 5.02 Å². The smallest absolute Gasteiger partial charge is 0.359 e. The Bertz CT molecular complexity index is 1380. The van der Waals surface area contributed by atoms with Gasteiger partial charge >= 0.3 is 11.8 Å². The summed E-state index contributed by atoms with van der Waals surface area (Å²) in [5, 5.41) is 16.7. The van der Waals surface area contributed by atoms with E-state index in [0.717, 1.165) is 9.13 Å². The summed E-state index contributed by atoms with van der Waals surface area (Å²) in [6, 6.07) is 15.0. The highest BCUT2D eigenvalue weighted by atomic mass is 127. The lowest BCUT2D eigenvalue weighted by Gasteiger charge is -2.11. The SMILES string of the molecule is CCOC(=O)c1nn(-c2ccc(Cl)cc2)c(-c2ccc(I)cc2)c1CCn1c([N+](=O)[O-])cnc1C. The van der Waals surface area contributed by atoms with Gasteiger partial charge in [0.1, 0.15) is 6.20 Å². The first-order valence-electron chi connectivity index (χ1n) is 10.8. The third-order valence-electron chi connectivity index (χ3n) is 5.45. The summed E-state index contributed by atoms with van der Waals surface area (Å²) in [6.45, 7) is 3.86. The predicted octanol–water partition coefficient (Wildman–Crippen LogP) is 5.63. The molecule has 11 heteroatoms. The largest absolute Gasteiger partial charge is 0.461 e. The van der Waals surface area contributed by atoms with E-state index in [1.165, 1.54) is 10.8 Å². The predicted molar refractivity (Wildman–Crippen MR) is 140 cm³/mol. The van der Waals surface area contributed by atoms with Crippen LogP contribution in [0.3, 0.4) is 0 Å². The Balaban J connectivity index is 1.90. The number of nitrogens with zero attached hydrogens (tertiary/aromatic N) is 5. The molecule has 0 spiro atoms. The van der Waals surface area contributed by atoms with Crippen LogP contribution in [0.4, 0.5) is 5.82 Å². The fourth-order valence-corrected chi connectivity index (χ4v) is 4.31. The van der Waals surface area contributed by atoms with E-state index >= 15 is 0 Å². The zero-order valence-corrected chi connectivity index (χ0v) is 21.9. The molecule has 0 unspecified atom stereocenters. The first kappa shape index (κ1) is 24.9. The average Bonchev–Trinajstić information content (AvgIpc) is 3.39. The Morgan fingerprint density at radius 1 is 1.17 bits per heavy atom. The molecule has 0 aliphatic rings. The molecule has 35 heavy (non-hydrogen) atoms. The molecule has 0 aliphatic carbocycles. The van der Waals surface area contributed by atoms with Gasteiger partial charge in [-0.15, -0.1) is 0 Å². The Morgan fingerprint density at radius 3 is 2.49 bits per heavy atom. The summed E-state index contributed by atoms with van der Waals surface area (Å²) in [5.74, 6) is -0.157. The molecule has 2 aromatic heterocycles. The van der Waals surface area contributed by atoms with Crippen LogP contribution in [0, 0.1) is 20.6 Å². The number of carbonyl (C=O) groups excluding carboxylic acids is 1. The minimum Gasteiger partial charge on any atom is -0.461 e. The molecule has 2 heterocycles. The highest BCUT2D eigenvalue weighted by Gasteiger charge is 2.27. The number of carbonyl (C=O) groups is 1. The Morgan fingerprint density at radius 2 is 1.86 bits per heavy atom. The summed E-state index contributed by atoms with van der Waals surface area (Å²) in [6.07, 6.45) is 1.53. The molecule has 9 nitrogen and oxygen atoms in total. The van der Waals surface area contributed by atoms with Crippen LogP contribution >= 0.6 is 34.2 Å². The molecule has 4 aromatic rings. The number of nitro groups is 1. The first-order valence-corrected chi connectivity index (χ1v) is 12.2. The van der Waals surface area contributed by atoms with E-state index in [-0.39, 0.29) is 24.7 Å². The second-order valence-electron chi connectivity index (χ2n) is 7.61. The molecule has 0 aliphatic heterocycles. The van der Waals surface area contributed by atoms with Crippen LogP contribution in [0.1, 0.15) is 28.8 Å². The van der Waals surface area contributed by atoms with Crippen molar-refractivity contribution in [3.63, 3.8) is 0 Å². The van der Waals surface area contributed by atoms with Crippen LogP contribution in [-0.4, -0.2) is 36.8 Å². The number of hydrogen-bond donors (Lipinski definition) is 0. The third-order valence-corrected chi connectivity index (χ3v) is 6.42. The maximum atomic E-state index is 13.0. The summed E-state index contributed by atoms with van der Waals surface area (Å²) in [4.78, 5) is 28.1. The molecule has 2 aromatic carbocycles. The van der Waals surface area contributed by atoms with Gasteiger partial charge in [0.25, 0.3) is 0 Å². The van der Waals surface area contributed by atoms with Crippen LogP contribution in [0.15, 0.2) is 54.7 Å². The van der Waals surface area contributed by atoms with Gasteiger partial charge in [-0.2, -0.15) is 5.10 Å². The van der Waals surface area contributed by atoms with Crippen LogP contribution in [0.5, 0.6) is 0 Å². The topological polar surface area (TPSA) is 105 Å². The molecular weight excluding hydrogens is 585 g/mol. The molecule has 0 saturated carbocycles. The monoisotopic (exact) mass is 605 g/mol. The summed E-state index contributed by atoms with van der Waals surface area (Å²) < 4.78 is 9.57. The van der Waals surface area contributed by atoms with E-state index in [0.29, 0.717) is 34.2 Å². The number of rotatable bonds is 8. The van der Waals surface area contributed by atoms with Crippen LogP contribution in [0.25, 0.3) is 16.9 Å². The molecule has 0 radical (unpaired) electrons. The number of esters is 1. The van der Waals surface area contributed by atoms with Crippen molar-refractivity contribution in [3.8, 4) is 16.9 Å². The van der Waals surface area contributed by atoms with Crippen LogP contribution < -0.4 is 0 Å². The lowest BCUT2D eigenvalue weighted by Crippen LogP contribution is -2.12. The Labute approximate surface area is 220 Å². The Hall–Kier alpha value is -3.25. The minimum absolute atomic E-state index is 0.110. The molecule has 0 atom stereocenters. The molecule has 0 saturated heterocycles. The van der Waals surface area contributed by atoms with Gasteiger partial charge in [-0.05, 0) is 70.8 Å². The van der Waals surface area contributed by atoms with E-state index in [4.69, 9.17) is 16.3 Å². The molecule has 180 valence electrons. The minimum atomic E-state index is -0.557. The van der Waals surface area contributed by atoms with Gasteiger partial charge in [0.15, 0.2) is 11.5 Å². The molecule has 0 amide bonds. The number of halogens is 2. The van der Waals surface area contributed by atoms with Gasteiger partial charge in [-0.3, -0.25) is 0 Å². The van der Waals surface area contributed by atoms with Crippen LogP contribution in [-0.2, 0) is 17.7 Å². The van der Waals surface area contributed by atoms with Crippen molar-refractivity contribution in [2.45, 2.75) is 26.8 Å². The van der Waals surface area contributed by atoms with Crippen molar-refractivity contribution in [1.82, 2.24) is 19.3 Å². The fourth-order valence-electron chi connectivity index (χ4n) is 3.83. The maximum Gasteiger partial charge on any atom is 0.359 e. The second-order valence-corrected chi connectivity index (χ2v) is 9.30. The maximum absolute atomic E-state index is 13.0. The van der Waals surface area contributed by atoms with Crippen molar-refractivity contribution in [2.75, 3.05) is 6.61 Å². The van der Waals surface area contributed by atoms with E-state index in [1.54, 1.807) is 30.7 Å². The van der Waals surface area contributed by atoms with E-state index in [1.807, 2.05) is 36.4 Å². The number of hydrogen-bond acceptors (Lipinski definition) is 6. The average molecular weight is 606 g/mol. The van der Waals surface area contributed by atoms with Gasteiger partial charge in [0.2, 0.25) is 0 Å². The number of benzene rings is 2. The van der Waals surface area contributed by atoms with E-state index in [9.17, 15) is 14.9 Å². The number of imidazole rings is 1. The molecule has 0 fully saturated rings. The summed E-state index contributed by atoms with van der Waals surface area (Å²) in [7, 11) is 0. The third kappa shape index (κ3) is 5.22. The first-order chi connectivity index (χ1) is 16.8. The van der Waals surface area contributed by atoms with E-state index < -0.39 is 10.9 Å². The van der Waals surface area contributed by atoms with Crippen molar-refractivity contribution in [3.05, 3.63) is 90.5 Å². The van der Waals surface area contributed by atoms with Gasteiger partial charge in [-0.1, -0.05) is 23.7 Å². The molecular formula is C24H21ClIN5O4. The van der Waals surface area contributed by atoms with Crippen molar-refractivity contribution in [1.29, 1.82) is 0 Å². The lowest BCUT2D eigenvalue weighted by atomic mass is 10.0. The zero-order chi connectivity index (χ0) is 25.1. The van der Waals surface area contributed by atoms with Gasteiger partial charge in [-0.25, -0.2) is 19.0 Å². The Kier molecular flexibility index (Phi) is 7.51. The standard InChI is InChI=1S/C24H21ClIN5O4/c1-3-35-24(32)22-20(12-13-29-15(2)27-14-21(29)31(33)34)23(16-4-8-18(26)9-5-16)30(28-22)19-10-6-17(25)7-11-19/h4-11,14H,3,12-13H2,1-2H3. The van der Waals surface area contributed by atoms with Crippen molar-refractivity contribution < 1.29 is 14.5 Å². The molecule has 0 N–H and O–H groups in total. The number of ether oxygens (including phenoxy) is 1. The zero-order valence-electron chi connectivity index (χ0n) is 18.9. The number of aryl methyl sites for hydroxylation is 1. The fraction of sp³-hybridized carbons (Fsp3) is 0.208. The highest BCUT2D eigenvalue weighted by Crippen LogP contribution is 2.32. The van der Waals surface area contributed by atoms with Crippen molar-refractivity contribution in [2.24, 2.45) is 0 Å². The quantitative estimate of drug-likeness (QED) is 0.112. The second kappa shape index (κ2) is 10.6. The summed E-state index contributed by atoms with van der Waals surface area (Å²) in [5.41, 5.74) is 3.05. The van der Waals surface area contributed by atoms with Gasteiger partial charge < -0.3 is 14.9 Å². The van der Waals surface area contributed by atoms with Gasteiger partial charge in [0, 0.05) is 33.1 Å². The lowest BCUT2D eigenvalue weighted by molar-refractivity contribution is -0.392. The van der Waals surface area contributed by atoms with Gasteiger partial charge in [0.05, 0.1) is 24.5 Å². The number of aromatic nitrogens is 4. The van der Waals surface area contributed by atoms with E-state index in [2.05, 4.69) is 32.7 Å². The molecule has 0 bridgehead atoms. The normalized spacial score (nSPS) is 11.0.